The lowest BCUT2D eigenvalue weighted by Crippen LogP contribution is -2.52. The van der Waals surface area contributed by atoms with Crippen LogP contribution < -0.4 is 9.62 Å². The fraction of sp³-hybridized carbons (Fsp3) is 0.333. The van der Waals surface area contributed by atoms with E-state index in [1.807, 2.05) is 13.8 Å². The lowest BCUT2D eigenvalue weighted by Gasteiger charge is -2.33. The number of hydrogen-bond acceptors (Lipinski definition) is 4. The lowest BCUT2D eigenvalue weighted by molar-refractivity contribution is -0.140. The van der Waals surface area contributed by atoms with Crippen molar-refractivity contribution in [2.24, 2.45) is 0 Å². The fourth-order valence-corrected chi connectivity index (χ4v) is 5.82. The second kappa shape index (κ2) is 14.3. The van der Waals surface area contributed by atoms with Gasteiger partial charge in [-0.05, 0) is 67.8 Å². The Morgan fingerprint density at radius 3 is 2.23 bits per heavy atom. The number of rotatable bonds is 13. The summed E-state index contributed by atoms with van der Waals surface area (Å²) < 4.78 is 42.1. The van der Waals surface area contributed by atoms with E-state index >= 15 is 0 Å². The third-order valence-corrected chi connectivity index (χ3v) is 8.67. The number of amides is 2. The summed E-state index contributed by atoms with van der Waals surface area (Å²) in [5.41, 5.74) is 1.80. The van der Waals surface area contributed by atoms with Crippen LogP contribution in [0.3, 0.4) is 0 Å². The average Bonchev–Trinajstić information content (AvgIpc) is 2.93. The smallest absolute Gasteiger partial charge is 0.264 e. The molecule has 0 aliphatic heterocycles. The maximum atomic E-state index is 14.0. The van der Waals surface area contributed by atoms with Crippen LogP contribution in [-0.4, -0.2) is 44.3 Å². The van der Waals surface area contributed by atoms with Crippen LogP contribution in [0.15, 0.2) is 77.7 Å². The number of aryl methyl sites for hydroxylation is 1. The molecule has 7 nitrogen and oxygen atoms in total. The zero-order chi connectivity index (χ0) is 29.3. The molecule has 0 aliphatic carbocycles. The van der Waals surface area contributed by atoms with Crippen LogP contribution in [0.2, 0.25) is 5.02 Å². The molecule has 0 fully saturated rings. The molecule has 0 saturated carbocycles. The number of nitrogens with zero attached hydrogens (tertiary/aromatic N) is 2. The van der Waals surface area contributed by atoms with Crippen molar-refractivity contribution >= 4 is 39.1 Å². The summed E-state index contributed by atoms with van der Waals surface area (Å²) in [7, 11) is -4.27. The van der Waals surface area contributed by atoms with Crippen molar-refractivity contribution < 1.29 is 22.4 Å². The van der Waals surface area contributed by atoms with Crippen molar-refractivity contribution in [1.82, 2.24) is 10.2 Å². The monoisotopic (exact) mass is 587 g/mol. The molecule has 214 valence electrons. The van der Waals surface area contributed by atoms with E-state index < -0.39 is 34.3 Å². The summed E-state index contributed by atoms with van der Waals surface area (Å²) in [6, 6.07) is 17.3. The van der Waals surface area contributed by atoms with E-state index in [9.17, 15) is 22.4 Å². The highest BCUT2D eigenvalue weighted by Crippen LogP contribution is 2.26. The molecule has 0 spiro atoms. The predicted octanol–water partition coefficient (Wildman–Crippen LogP) is 5.71. The van der Waals surface area contributed by atoms with E-state index in [1.165, 1.54) is 4.90 Å². The van der Waals surface area contributed by atoms with Gasteiger partial charge in [0.1, 0.15) is 18.4 Å². The molecule has 0 aliphatic rings. The van der Waals surface area contributed by atoms with Gasteiger partial charge in [-0.25, -0.2) is 12.8 Å². The quantitative estimate of drug-likeness (QED) is 0.260. The largest absolute Gasteiger partial charge is 0.354 e. The van der Waals surface area contributed by atoms with Crippen molar-refractivity contribution in [3.05, 3.63) is 94.8 Å². The van der Waals surface area contributed by atoms with Gasteiger partial charge in [0.2, 0.25) is 11.8 Å². The second-order valence-electron chi connectivity index (χ2n) is 9.48. The Balaban J connectivity index is 2.04. The van der Waals surface area contributed by atoms with Crippen LogP contribution in [0, 0.1) is 12.7 Å². The molecule has 0 aromatic heterocycles. The van der Waals surface area contributed by atoms with E-state index in [-0.39, 0.29) is 23.0 Å². The summed E-state index contributed by atoms with van der Waals surface area (Å²) in [6.45, 7) is 5.57. The first-order valence-corrected chi connectivity index (χ1v) is 15.1. The molecular formula is C30H35ClFN3O4S. The first kappa shape index (κ1) is 31.1. The van der Waals surface area contributed by atoms with Gasteiger partial charge in [0.05, 0.1) is 10.6 Å². The number of carbonyl (C=O) groups is 2. The molecule has 3 aromatic carbocycles. The lowest BCUT2D eigenvalue weighted by atomic mass is 10.1. The van der Waals surface area contributed by atoms with Crippen LogP contribution >= 0.6 is 11.6 Å². The minimum atomic E-state index is -4.27. The predicted molar refractivity (Wildman–Crippen MR) is 156 cm³/mol. The second-order valence-corrected chi connectivity index (χ2v) is 11.8. The van der Waals surface area contributed by atoms with E-state index in [0.29, 0.717) is 23.6 Å². The summed E-state index contributed by atoms with van der Waals surface area (Å²) in [4.78, 5) is 28.4. The summed E-state index contributed by atoms with van der Waals surface area (Å²) >= 11 is 6.41. The highest BCUT2D eigenvalue weighted by atomic mass is 35.5. The van der Waals surface area contributed by atoms with Crippen molar-refractivity contribution in [2.45, 2.75) is 57.5 Å². The van der Waals surface area contributed by atoms with E-state index in [0.717, 1.165) is 47.0 Å². The van der Waals surface area contributed by atoms with E-state index in [1.54, 1.807) is 55.5 Å². The molecule has 1 N–H and O–H groups in total. The zero-order valence-corrected chi connectivity index (χ0v) is 24.5. The van der Waals surface area contributed by atoms with Gasteiger partial charge in [0.25, 0.3) is 10.0 Å². The van der Waals surface area contributed by atoms with Gasteiger partial charge in [-0.15, -0.1) is 0 Å². The minimum absolute atomic E-state index is 0.0105. The van der Waals surface area contributed by atoms with Crippen LogP contribution in [0.25, 0.3) is 0 Å². The van der Waals surface area contributed by atoms with Crippen molar-refractivity contribution in [3.8, 4) is 0 Å². The number of sulfonamides is 1. The SMILES string of the molecule is CCCCNC(=O)C(CC)N(Cc1ccccc1Cl)C(=O)CN(c1ccc(C)cc1)S(=O)(=O)c1ccc(F)cc1. The van der Waals surface area contributed by atoms with E-state index in [2.05, 4.69) is 5.32 Å². The van der Waals surface area contributed by atoms with Crippen LogP contribution in [0.5, 0.6) is 0 Å². The highest BCUT2D eigenvalue weighted by Gasteiger charge is 2.33. The molecule has 1 atom stereocenters. The molecular weight excluding hydrogens is 553 g/mol. The molecule has 0 bridgehead atoms. The van der Waals surface area contributed by atoms with Gasteiger partial charge in [-0.1, -0.05) is 67.8 Å². The number of halogens is 2. The minimum Gasteiger partial charge on any atom is -0.354 e. The summed E-state index contributed by atoms with van der Waals surface area (Å²) in [5.74, 6) is -1.48. The van der Waals surface area contributed by atoms with Gasteiger partial charge in [-0.2, -0.15) is 0 Å². The molecule has 40 heavy (non-hydrogen) atoms. The van der Waals surface area contributed by atoms with Gasteiger partial charge in [0, 0.05) is 18.1 Å². The third kappa shape index (κ3) is 7.82. The Hall–Kier alpha value is -3.43. The number of nitrogens with one attached hydrogen (secondary N) is 1. The molecule has 10 heteroatoms. The maximum Gasteiger partial charge on any atom is 0.264 e. The Labute approximate surface area is 241 Å². The van der Waals surface area contributed by atoms with Crippen LogP contribution in [-0.2, 0) is 26.2 Å². The molecule has 1 unspecified atom stereocenters. The van der Waals surface area contributed by atoms with Gasteiger partial charge in [0.15, 0.2) is 0 Å². The Morgan fingerprint density at radius 1 is 0.975 bits per heavy atom. The fourth-order valence-electron chi connectivity index (χ4n) is 4.21. The number of carbonyl (C=O) groups excluding carboxylic acids is 2. The number of unbranched alkanes of at least 4 members (excludes halogenated alkanes) is 1. The summed E-state index contributed by atoms with van der Waals surface area (Å²) in [5, 5.41) is 3.32. The van der Waals surface area contributed by atoms with Crippen molar-refractivity contribution in [1.29, 1.82) is 0 Å². The van der Waals surface area contributed by atoms with Gasteiger partial charge < -0.3 is 10.2 Å². The first-order valence-electron chi connectivity index (χ1n) is 13.2. The van der Waals surface area contributed by atoms with Gasteiger partial charge >= 0.3 is 0 Å². The first-order chi connectivity index (χ1) is 19.1. The van der Waals surface area contributed by atoms with Crippen molar-refractivity contribution in [2.75, 3.05) is 17.4 Å². The normalized spacial score (nSPS) is 12.0. The number of hydrogen-bond donors (Lipinski definition) is 1. The maximum absolute atomic E-state index is 14.0. The molecule has 3 rings (SSSR count). The zero-order valence-electron chi connectivity index (χ0n) is 22.9. The number of benzene rings is 3. The third-order valence-electron chi connectivity index (χ3n) is 6.52. The van der Waals surface area contributed by atoms with Crippen LogP contribution in [0.1, 0.15) is 44.2 Å². The van der Waals surface area contributed by atoms with Crippen molar-refractivity contribution in [3.63, 3.8) is 0 Å². The molecule has 3 aromatic rings. The number of anilines is 1. The molecule has 0 radical (unpaired) electrons. The van der Waals surface area contributed by atoms with E-state index in [4.69, 9.17) is 11.6 Å². The standard InChI is InChI=1S/C30H35ClFN3O4S/c1-4-6-19-33-30(37)28(5-2)34(20-23-9-7-8-10-27(23)31)29(36)21-35(25-15-11-22(3)12-16-25)40(38,39)26-17-13-24(32)14-18-26/h7-18,28H,4-6,19-21H2,1-3H3,(H,33,37). The summed E-state index contributed by atoms with van der Waals surface area (Å²) in [6.07, 6.45) is 1.99. The topological polar surface area (TPSA) is 86.8 Å². The Bertz CT molecular complexity index is 1400. The molecule has 0 heterocycles. The Kier molecular flexibility index (Phi) is 11.1. The Morgan fingerprint density at radius 2 is 1.62 bits per heavy atom. The van der Waals surface area contributed by atoms with Crippen LogP contribution in [0.4, 0.5) is 10.1 Å². The van der Waals surface area contributed by atoms with Gasteiger partial charge in [-0.3, -0.25) is 13.9 Å². The molecule has 2 amide bonds. The average molecular weight is 588 g/mol. The highest BCUT2D eigenvalue weighted by molar-refractivity contribution is 7.92. The molecule has 0 saturated heterocycles.